The number of nitrogens with two attached hydrogens (primary N) is 1. The number of carboxylic acids is 1. The Bertz CT molecular complexity index is 315. The van der Waals surface area contributed by atoms with Crippen molar-refractivity contribution in [2.45, 2.75) is 19.4 Å². The smallest absolute Gasteiger partial charge is 0.320 e. The third-order valence-corrected chi connectivity index (χ3v) is 1.63. The molecule has 0 saturated heterocycles. The van der Waals surface area contributed by atoms with E-state index in [0.29, 0.717) is 11.4 Å². The van der Waals surface area contributed by atoms with Crippen molar-refractivity contribution in [3.05, 3.63) is 17.7 Å². The molecule has 1 aromatic rings. The Morgan fingerprint density at radius 2 is 2.46 bits per heavy atom. The highest BCUT2D eigenvalue weighted by Gasteiger charge is 2.14. The topological polar surface area (TPSA) is 102 Å². The molecule has 0 bridgehead atoms. The van der Waals surface area contributed by atoms with Crippen molar-refractivity contribution in [3.8, 4) is 0 Å². The predicted molar refractivity (Wildman–Crippen MR) is 43.9 cm³/mol. The molecule has 6 heteroatoms. The van der Waals surface area contributed by atoms with E-state index in [9.17, 15) is 4.79 Å². The first-order valence-corrected chi connectivity index (χ1v) is 3.73. The van der Waals surface area contributed by atoms with Gasteiger partial charge in [-0.2, -0.15) is 5.10 Å². The zero-order valence-corrected chi connectivity index (χ0v) is 7.14. The van der Waals surface area contributed by atoms with Crippen molar-refractivity contribution < 1.29 is 9.90 Å². The quantitative estimate of drug-likeness (QED) is 0.630. The minimum absolute atomic E-state index is 0.155. The van der Waals surface area contributed by atoms with Crippen LogP contribution < -0.4 is 5.73 Å². The summed E-state index contributed by atoms with van der Waals surface area (Å²) >= 11 is 0. The first kappa shape index (κ1) is 9.53. The molecule has 0 aliphatic carbocycles. The van der Waals surface area contributed by atoms with E-state index in [0.717, 1.165) is 0 Å². The van der Waals surface area contributed by atoms with Crippen LogP contribution in [0.1, 0.15) is 11.4 Å². The minimum Gasteiger partial charge on any atom is -0.480 e. The summed E-state index contributed by atoms with van der Waals surface area (Å²) in [7, 11) is 0. The standard InChI is InChI=1S/C7H10N4O2/c1-4-6(11-10-3-9-4)2-5(8)7(12)13/h3,5H,2,8H2,1H3,(H,12,13). The summed E-state index contributed by atoms with van der Waals surface area (Å²) in [4.78, 5) is 14.3. The number of carboxylic acid groups (broad SMARTS) is 1. The molecule has 3 N–H and O–H groups in total. The van der Waals surface area contributed by atoms with Crippen LogP contribution in [0.5, 0.6) is 0 Å². The normalized spacial score (nSPS) is 12.5. The molecular weight excluding hydrogens is 172 g/mol. The number of carbonyl (C=O) groups is 1. The van der Waals surface area contributed by atoms with Crippen LogP contribution in [0.15, 0.2) is 6.33 Å². The van der Waals surface area contributed by atoms with E-state index in [-0.39, 0.29) is 6.42 Å². The second kappa shape index (κ2) is 3.90. The van der Waals surface area contributed by atoms with Crippen LogP contribution >= 0.6 is 0 Å². The maximum absolute atomic E-state index is 10.4. The average molecular weight is 182 g/mol. The summed E-state index contributed by atoms with van der Waals surface area (Å²) in [5.41, 5.74) is 6.51. The largest absolute Gasteiger partial charge is 0.480 e. The summed E-state index contributed by atoms with van der Waals surface area (Å²) in [5.74, 6) is -1.05. The Morgan fingerprint density at radius 1 is 1.77 bits per heavy atom. The highest BCUT2D eigenvalue weighted by Crippen LogP contribution is 2.00. The van der Waals surface area contributed by atoms with Gasteiger partial charge in [-0.1, -0.05) is 0 Å². The van der Waals surface area contributed by atoms with Crippen LogP contribution in [0.3, 0.4) is 0 Å². The Labute approximate surface area is 74.8 Å². The zero-order chi connectivity index (χ0) is 9.84. The fourth-order valence-electron chi connectivity index (χ4n) is 0.839. The molecule has 1 atom stereocenters. The molecule has 6 nitrogen and oxygen atoms in total. The SMILES string of the molecule is Cc1ncnnc1CC(N)C(=O)O. The Kier molecular flexibility index (Phi) is 2.86. The van der Waals surface area contributed by atoms with Crippen LogP contribution in [-0.4, -0.2) is 32.3 Å². The molecule has 13 heavy (non-hydrogen) atoms. The number of hydrogen-bond acceptors (Lipinski definition) is 5. The lowest BCUT2D eigenvalue weighted by Crippen LogP contribution is -2.33. The monoisotopic (exact) mass is 182 g/mol. The molecule has 0 aromatic carbocycles. The van der Waals surface area contributed by atoms with Crippen LogP contribution in [0.25, 0.3) is 0 Å². The van der Waals surface area contributed by atoms with Crippen LogP contribution in [0.2, 0.25) is 0 Å². The van der Waals surface area contributed by atoms with Crippen molar-refractivity contribution in [3.63, 3.8) is 0 Å². The van der Waals surface area contributed by atoms with E-state index >= 15 is 0 Å². The van der Waals surface area contributed by atoms with Gasteiger partial charge in [0.2, 0.25) is 0 Å². The lowest BCUT2D eigenvalue weighted by atomic mass is 10.1. The fourth-order valence-corrected chi connectivity index (χ4v) is 0.839. The van der Waals surface area contributed by atoms with Gasteiger partial charge in [0.15, 0.2) is 0 Å². The molecule has 0 radical (unpaired) electrons. The van der Waals surface area contributed by atoms with Crippen molar-refractivity contribution >= 4 is 5.97 Å². The second-order valence-corrected chi connectivity index (χ2v) is 2.64. The summed E-state index contributed by atoms with van der Waals surface area (Å²) in [6.45, 7) is 1.73. The maximum atomic E-state index is 10.4. The van der Waals surface area contributed by atoms with Gasteiger partial charge in [0.25, 0.3) is 0 Å². The first-order chi connectivity index (χ1) is 6.11. The number of hydrogen-bond donors (Lipinski definition) is 2. The maximum Gasteiger partial charge on any atom is 0.320 e. The van der Waals surface area contributed by atoms with Crippen LogP contribution in [0, 0.1) is 6.92 Å². The third-order valence-electron chi connectivity index (χ3n) is 1.63. The molecule has 1 aromatic heterocycles. The van der Waals surface area contributed by atoms with Crippen molar-refractivity contribution in [1.82, 2.24) is 15.2 Å². The number of aliphatic carboxylic acids is 1. The molecule has 0 fully saturated rings. The Balaban J connectivity index is 2.74. The first-order valence-electron chi connectivity index (χ1n) is 3.73. The van der Waals surface area contributed by atoms with Gasteiger partial charge >= 0.3 is 5.97 Å². The van der Waals surface area contributed by atoms with Crippen LogP contribution in [-0.2, 0) is 11.2 Å². The van der Waals surface area contributed by atoms with E-state index < -0.39 is 12.0 Å². The van der Waals surface area contributed by atoms with Gasteiger partial charge in [0, 0.05) is 6.42 Å². The molecule has 0 saturated carbocycles. The number of rotatable bonds is 3. The van der Waals surface area contributed by atoms with E-state index in [1.165, 1.54) is 6.33 Å². The number of nitrogens with zero attached hydrogens (tertiary/aromatic N) is 3. The molecule has 0 aliphatic heterocycles. The average Bonchev–Trinajstić information content (AvgIpc) is 2.08. The van der Waals surface area contributed by atoms with Gasteiger partial charge in [-0.15, -0.1) is 5.10 Å². The molecule has 0 amide bonds. The molecule has 1 unspecified atom stereocenters. The summed E-state index contributed by atoms with van der Waals surface area (Å²) < 4.78 is 0. The molecule has 1 rings (SSSR count). The second-order valence-electron chi connectivity index (χ2n) is 2.64. The van der Waals surface area contributed by atoms with Crippen molar-refractivity contribution in [1.29, 1.82) is 0 Å². The van der Waals surface area contributed by atoms with E-state index in [1.54, 1.807) is 6.92 Å². The number of aryl methyl sites for hydroxylation is 1. The summed E-state index contributed by atoms with van der Waals surface area (Å²) in [6.07, 6.45) is 1.47. The Morgan fingerprint density at radius 3 is 3.00 bits per heavy atom. The van der Waals surface area contributed by atoms with Gasteiger partial charge in [0.1, 0.15) is 12.4 Å². The van der Waals surface area contributed by atoms with Crippen molar-refractivity contribution in [2.24, 2.45) is 5.73 Å². The predicted octanol–water partition coefficient (Wildman–Crippen LogP) is -0.866. The zero-order valence-electron chi connectivity index (χ0n) is 7.14. The third kappa shape index (κ3) is 2.45. The van der Waals surface area contributed by atoms with Gasteiger partial charge in [-0.3, -0.25) is 4.79 Å². The molecule has 70 valence electrons. The minimum atomic E-state index is -1.05. The summed E-state index contributed by atoms with van der Waals surface area (Å²) in [5, 5.41) is 15.8. The highest BCUT2D eigenvalue weighted by molar-refractivity contribution is 5.73. The van der Waals surface area contributed by atoms with Crippen molar-refractivity contribution in [2.75, 3.05) is 0 Å². The summed E-state index contributed by atoms with van der Waals surface area (Å²) in [6, 6.07) is -0.947. The lowest BCUT2D eigenvalue weighted by molar-refractivity contribution is -0.138. The molecule has 1 heterocycles. The van der Waals surface area contributed by atoms with E-state index in [2.05, 4.69) is 15.2 Å². The van der Waals surface area contributed by atoms with Gasteiger partial charge in [-0.05, 0) is 6.92 Å². The Hall–Kier alpha value is -1.56. The van der Waals surface area contributed by atoms with E-state index in [1.807, 2.05) is 0 Å². The van der Waals surface area contributed by atoms with E-state index in [4.69, 9.17) is 10.8 Å². The number of aromatic nitrogens is 3. The van der Waals surface area contributed by atoms with Gasteiger partial charge in [-0.25, -0.2) is 4.98 Å². The highest BCUT2D eigenvalue weighted by atomic mass is 16.4. The van der Waals surface area contributed by atoms with Crippen LogP contribution in [0.4, 0.5) is 0 Å². The lowest BCUT2D eigenvalue weighted by Gasteiger charge is -2.05. The molecular formula is C7H10N4O2. The fraction of sp³-hybridized carbons (Fsp3) is 0.429. The molecule has 0 aliphatic rings. The van der Waals surface area contributed by atoms with Gasteiger partial charge in [0.05, 0.1) is 11.4 Å². The van der Waals surface area contributed by atoms with Gasteiger partial charge < -0.3 is 10.8 Å². The molecule has 0 spiro atoms.